The fourth-order valence-corrected chi connectivity index (χ4v) is 8.84. The topological polar surface area (TPSA) is 130 Å². The van der Waals surface area contributed by atoms with Crippen molar-refractivity contribution in [2.75, 3.05) is 24.6 Å². The summed E-state index contributed by atoms with van der Waals surface area (Å²) in [6, 6.07) is 11.2. The molecule has 2 aromatic rings. The largest absolute Gasteiger partial charge is 0.490 e. The average Bonchev–Trinajstić information content (AvgIpc) is 3.07. The van der Waals surface area contributed by atoms with Crippen LogP contribution in [0.5, 0.6) is 5.75 Å². The number of aryl methyl sites for hydroxylation is 1. The highest BCUT2D eigenvalue weighted by Crippen LogP contribution is 2.46. The molecule has 3 aliphatic rings. The molecule has 0 bridgehead atoms. The molecule has 0 saturated heterocycles. The summed E-state index contributed by atoms with van der Waals surface area (Å²) in [7, 11) is -3.64. The van der Waals surface area contributed by atoms with Gasteiger partial charge in [0.15, 0.2) is 0 Å². The molecule has 1 aliphatic heterocycles. The fraction of sp³-hybridized carbons (Fsp3) is 0.545. The van der Waals surface area contributed by atoms with E-state index in [9.17, 15) is 23.4 Å². The predicted octanol–water partition coefficient (Wildman–Crippen LogP) is 5.55. The van der Waals surface area contributed by atoms with Gasteiger partial charge in [0.25, 0.3) is 0 Å². The highest BCUT2D eigenvalue weighted by molar-refractivity contribution is 7.89. The lowest BCUT2D eigenvalue weighted by Crippen LogP contribution is -2.49. The van der Waals surface area contributed by atoms with E-state index in [0.717, 1.165) is 42.8 Å². The number of carboxylic acids is 1. The van der Waals surface area contributed by atoms with Crippen LogP contribution in [0.4, 0.5) is 5.69 Å². The summed E-state index contributed by atoms with van der Waals surface area (Å²) in [6.45, 7) is 5.50. The Kier molecular flexibility index (Phi) is 9.47. The van der Waals surface area contributed by atoms with Gasteiger partial charge in [-0.15, -0.1) is 0 Å². The van der Waals surface area contributed by atoms with Crippen LogP contribution in [-0.4, -0.2) is 55.7 Å². The number of nitrogens with two attached hydrogens (primary N) is 1. The van der Waals surface area contributed by atoms with E-state index in [1.54, 1.807) is 18.2 Å². The molecule has 1 spiro atoms. The number of nitrogens with zero attached hydrogens (tertiary/aromatic N) is 1. The van der Waals surface area contributed by atoms with Crippen LogP contribution in [-0.2, 0) is 21.9 Å². The van der Waals surface area contributed by atoms with E-state index < -0.39 is 27.3 Å². The van der Waals surface area contributed by atoms with Crippen LogP contribution in [0.25, 0.3) is 0 Å². The maximum atomic E-state index is 11.9. The van der Waals surface area contributed by atoms with Crippen LogP contribution in [0, 0.1) is 17.8 Å². The van der Waals surface area contributed by atoms with Crippen molar-refractivity contribution in [1.29, 1.82) is 0 Å². The first-order valence-corrected chi connectivity index (χ1v) is 17.3. The molecule has 0 amide bonds. The third-order valence-electron chi connectivity index (χ3n) is 9.94. The number of anilines is 1. The molecule has 43 heavy (non-hydrogen) atoms. The minimum atomic E-state index is -3.64. The van der Waals surface area contributed by atoms with E-state index in [-0.39, 0.29) is 28.7 Å². The summed E-state index contributed by atoms with van der Waals surface area (Å²) in [5.74, 6) is -0.241. The number of fused-ring (bicyclic) bond motifs is 3. The molecule has 2 aliphatic carbocycles. The zero-order valence-corrected chi connectivity index (χ0v) is 26.5. The van der Waals surface area contributed by atoms with E-state index >= 15 is 0 Å². The first-order valence-electron chi connectivity index (χ1n) is 15.3. The second-order valence-corrected chi connectivity index (χ2v) is 14.9. The van der Waals surface area contributed by atoms with Crippen LogP contribution in [0.1, 0.15) is 73.9 Å². The molecule has 4 N–H and O–H groups in total. The minimum absolute atomic E-state index is 0.0869. The van der Waals surface area contributed by atoms with Crippen molar-refractivity contribution >= 4 is 33.3 Å². The van der Waals surface area contributed by atoms with Gasteiger partial charge in [0.05, 0.1) is 29.2 Å². The van der Waals surface area contributed by atoms with Gasteiger partial charge in [-0.25, -0.2) is 18.4 Å². The number of benzene rings is 2. The zero-order chi connectivity index (χ0) is 30.9. The summed E-state index contributed by atoms with van der Waals surface area (Å²) in [5, 5.41) is 26.4. The summed E-state index contributed by atoms with van der Waals surface area (Å²) in [4.78, 5) is 14.2. The summed E-state index contributed by atoms with van der Waals surface area (Å²) < 4.78 is 30.3. The normalized spacial score (nSPS) is 25.7. The molecular weight excluding hydrogens is 588 g/mol. The molecule has 1 fully saturated rings. The number of carboxylic acid groups (broad SMARTS) is 1. The van der Waals surface area contributed by atoms with Crippen LogP contribution in [0.15, 0.2) is 48.6 Å². The van der Waals surface area contributed by atoms with E-state index in [0.29, 0.717) is 38.3 Å². The van der Waals surface area contributed by atoms with Gasteiger partial charge in [-0.1, -0.05) is 43.7 Å². The molecule has 0 unspecified atom stereocenters. The minimum Gasteiger partial charge on any atom is -0.490 e. The second-order valence-electron chi connectivity index (χ2n) is 12.7. The van der Waals surface area contributed by atoms with E-state index in [1.807, 2.05) is 32.1 Å². The molecule has 234 valence electrons. The standard InChI is InChI=1S/C33H43ClN2O6S/c1-3-31(43(35,40)41)21(2)6-4-8-29(37)26-12-9-24(26)18-36-19-33(15-5-7-22-16-25(34)11-13-27(22)33)20-42-30-14-10-23(32(38)39)17-28(30)36/h4,6,10-11,13-14,16-17,21,24,26,29,31,37H,3,5,7-9,12,15,18-20H2,1-2H3,(H,38,39)(H2,35,40,41)/b6-4-/t21-,24-,26+,29-,31+,33-/m0/s1. The van der Waals surface area contributed by atoms with Gasteiger partial charge in [-0.3, -0.25) is 0 Å². The number of rotatable bonds is 10. The predicted molar refractivity (Wildman–Crippen MR) is 170 cm³/mol. The number of hydrogen-bond donors (Lipinski definition) is 3. The quantitative estimate of drug-likeness (QED) is 0.294. The Bertz CT molecular complexity index is 1480. The van der Waals surface area contributed by atoms with E-state index in [2.05, 4.69) is 17.0 Å². The number of aromatic carboxylic acids is 1. The number of sulfonamides is 1. The number of aliphatic hydroxyl groups is 1. The van der Waals surface area contributed by atoms with Crippen LogP contribution >= 0.6 is 11.6 Å². The Morgan fingerprint density at radius 2 is 2.05 bits per heavy atom. The molecular formula is C33H43ClN2O6S. The molecule has 1 heterocycles. The van der Waals surface area contributed by atoms with Crippen molar-refractivity contribution in [3.05, 3.63) is 70.3 Å². The van der Waals surface area contributed by atoms with Crippen molar-refractivity contribution in [2.45, 2.75) is 75.6 Å². The smallest absolute Gasteiger partial charge is 0.335 e. The van der Waals surface area contributed by atoms with Gasteiger partial charge in [0, 0.05) is 23.5 Å². The van der Waals surface area contributed by atoms with Crippen LogP contribution in [0.2, 0.25) is 5.02 Å². The van der Waals surface area contributed by atoms with Crippen molar-refractivity contribution in [3.63, 3.8) is 0 Å². The van der Waals surface area contributed by atoms with Gasteiger partial charge in [0.2, 0.25) is 10.0 Å². The first-order chi connectivity index (χ1) is 20.4. The molecule has 1 saturated carbocycles. The van der Waals surface area contributed by atoms with Gasteiger partial charge in [-0.2, -0.15) is 0 Å². The number of aliphatic hydroxyl groups excluding tert-OH is 1. The summed E-state index contributed by atoms with van der Waals surface area (Å²) >= 11 is 6.36. The number of ether oxygens (including phenoxy) is 1. The average molecular weight is 631 g/mol. The maximum Gasteiger partial charge on any atom is 0.335 e. The Balaban J connectivity index is 1.37. The van der Waals surface area contributed by atoms with Crippen LogP contribution < -0.4 is 14.8 Å². The van der Waals surface area contributed by atoms with Gasteiger partial charge >= 0.3 is 5.97 Å². The molecule has 0 aromatic heterocycles. The molecule has 8 nitrogen and oxygen atoms in total. The SMILES string of the molecule is CC[C@H]([C@@H](C)/C=C\C[C@H](O)[C@@H]1CC[C@H]1CN1C[C@@]2(CCCc3cc(Cl)ccc32)COc2ccc(C(=O)O)cc21)S(N)(=O)=O. The maximum absolute atomic E-state index is 11.9. The molecule has 0 radical (unpaired) electrons. The van der Waals surface area contributed by atoms with Gasteiger partial charge in [0.1, 0.15) is 5.75 Å². The molecule has 6 atom stereocenters. The van der Waals surface area contributed by atoms with E-state index in [1.165, 1.54) is 11.1 Å². The highest BCUT2D eigenvalue weighted by atomic mass is 35.5. The Morgan fingerprint density at radius 1 is 1.26 bits per heavy atom. The van der Waals surface area contributed by atoms with E-state index in [4.69, 9.17) is 21.5 Å². The van der Waals surface area contributed by atoms with Gasteiger partial charge < -0.3 is 19.8 Å². The van der Waals surface area contributed by atoms with Crippen molar-refractivity contribution in [3.8, 4) is 5.75 Å². The molecule has 10 heteroatoms. The third-order valence-corrected chi connectivity index (χ3v) is 11.8. The number of hydrogen-bond acceptors (Lipinski definition) is 6. The van der Waals surface area contributed by atoms with Crippen molar-refractivity contribution < 1.29 is 28.2 Å². The van der Waals surface area contributed by atoms with Crippen molar-refractivity contribution in [2.24, 2.45) is 22.9 Å². The third kappa shape index (κ3) is 6.75. The summed E-state index contributed by atoms with van der Waals surface area (Å²) in [6.07, 6.45) is 8.85. The Morgan fingerprint density at radius 3 is 2.72 bits per heavy atom. The lowest BCUT2D eigenvalue weighted by molar-refractivity contribution is 0.0177. The van der Waals surface area contributed by atoms with Crippen molar-refractivity contribution in [1.82, 2.24) is 0 Å². The fourth-order valence-electron chi connectivity index (χ4n) is 7.49. The lowest BCUT2D eigenvalue weighted by atomic mass is 9.68. The Labute approximate surface area is 259 Å². The summed E-state index contributed by atoms with van der Waals surface area (Å²) in [5.41, 5.74) is 3.21. The molecule has 5 rings (SSSR count). The highest BCUT2D eigenvalue weighted by Gasteiger charge is 2.44. The monoisotopic (exact) mass is 630 g/mol. The Hall–Kier alpha value is -2.59. The second kappa shape index (κ2) is 12.8. The zero-order valence-electron chi connectivity index (χ0n) is 24.9. The lowest BCUT2D eigenvalue weighted by Gasteiger charge is -2.45. The number of halogens is 1. The number of primary sulfonamides is 1. The number of allylic oxidation sites excluding steroid dienone is 1. The first kappa shape index (κ1) is 31.8. The number of carbonyl (C=O) groups is 1. The molecule has 2 aromatic carbocycles. The van der Waals surface area contributed by atoms with Gasteiger partial charge in [-0.05, 0) is 104 Å². The van der Waals surface area contributed by atoms with Crippen LogP contribution in [0.3, 0.4) is 0 Å².